The second-order valence-electron chi connectivity index (χ2n) is 7.57. The van der Waals surface area contributed by atoms with Crippen LogP contribution in [0.25, 0.3) is 10.2 Å². The van der Waals surface area contributed by atoms with Crippen molar-refractivity contribution in [3.63, 3.8) is 0 Å². The molecule has 1 aliphatic heterocycles. The van der Waals surface area contributed by atoms with Gasteiger partial charge in [0.05, 0.1) is 38.7 Å². The van der Waals surface area contributed by atoms with Crippen LogP contribution in [-0.2, 0) is 0 Å². The normalized spacial score (nSPS) is 15.1. The second kappa shape index (κ2) is 8.55. The number of nitrogens with one attached hydrogen (secondary N) is 1. The van der Waals surface area contributed by atoms with Gasteiger partial charge in [0.2, 0.25) is 0 Å². The van der Waals surface area contributed by atoms with Gasteiger partial charge in [-0.05, 0) is 50.6 Å². The van der Waals surface area contributed by atoms with Crippen LogP contribution < -0.4 is 19.3 Å². The molecule has 1 aliphatic rings. The molecule has 1 fully saturated rings. The van der Waals surface area contributed by atoms with Crippen molar-refractivity contribution in [2.75, 3.05) is 51.3 Å². The number of piperazine rings is 1. The highest BCUT2D eigenvalue weighted by molar-refractivity contribution is 7.18. The van der Waals surface area contributed by atoms with E-state index in [0.717, 1.165) is 67.3 Å². The van der Waals surface area contributed by atoms with Gasteiger partial charge in [0, 0.05) is 4.88 Å². The van der Waals surface area contributed by atoms with Crippen molar-refractivity contribution in [3.8, 4) is 11.5 Å². The summed E-state index contributed by atoms with van der Waals surface area (Å²) in [6, 6.07) is 7.78. The molecule has 3 heterocycles. The standard InChI is InChI=1S/C22H28N4O2S/c1-15-16(2)29-22-20(15)21(23-17(3)24-22)26-11-9-25(10-12-26)13-14-28-19-7-5-18(27-4)6-8-19/h5-8H,9-14H2,1-4H3/p+1. The minimum atomic E-state index is 0.724. The molecule has 3 aromatic rings. The number of ether oxygens (including phenoxy) is 2. The number of aromatic nitrogens is 2. The summed E-state index contributed by atoms with van der Waals surface area (Å²) in [4.78, 5) is 15.9. The largest absolute Gasteiger partial charge is 0.497 e. The van der Waals surface area contributed by atoms with Gasteiger partial charge in [0.1, 0.15) is 41.1 Å². The molecule has 1 N–H and O–H groups in total. The highest BCUT2D eigenvalue weighted by Gasteiger charge is 2.24. The SMILES string of the molecule is COc1ccc(OCC[NH+]2CCN(c3nc(C)nc4sc(C)c(C)c34)CC2)cc1. The lowest BCUT2D eigenvalue weighted by molar-refractivity contribution is -0.900. The van der Waals surface area contributed by atoms with Crippen LogP contribution in [-0.4, -0.2) is 56.4 Å². The van der Waals surface area contributed by atoms with Gasteiger partial charge in [-0.1, -0.05) is 0 Å². The van der Waals surface area contributed by atoms with Gasteiger partial charge in [-0.15, -0.1) is 11.3 Å². The minimum Gasteiger partial charge on any atom is -0.497 e. The molecule has 0 saturated carbocycles. The summed E-state index contributed by atoms with van der Waals surface area (Å²) in [6.07, 6.45) is 0. The van der Waals surface area contributed by atoms with Gasteiger partial charge in [-0.25, -0.2) is 9.97 Å². The van der Waals surface area contributed by atoms with Crippen molar-refractivity contribution in [2.24, 2.45) is 0 Å². The number of fused-ring (bicyclic) bond motifs is 1. The number of benzene rings is 1. The Hall–Kier alpha value is -2.38. The molecule has 2 aromatic heterocycles. The van der Waals surface area contributed by atoms with Crippen LogP contribution in [0.4, 0.5) is 5.82 Å². The number of thiophene rings is 1. The number of hydrogen-bond donors (Lipinski definition) is 1. The van der Waals surface area contributed by atoms with Gasteiger partial charge < -0.3 is 19.3 Å². The fourth-order valence-electron chi connectivity index (χ4n) is 3.83. The molecule has 6 nitrogen and oxygen atoms in total. The predicted octanol–water partition coefficient (Wildman–Crippen LogP) is 2.41. The number of anilines is 1. The van der Waals surface area contributed by atoms with Crippen LogP contribution >= 0.6 is 11.3 Å². The number of quaternary nitrogens is 1. The van der Waals surface area contributed by atoms with Crippen molar-refractivity contribution >= 4 is 27.4 Å². The first kappa shape index (κ1) is 19.9. The Bertz CT molecular complexity index is 979. The first-order valence-corrected chi connectivity index (χ1v) is 11.0. The fourth-order valence-corrected chi connectivity index (χ4v) is 4.90. The summed E-state index contributed by atoms with van der Waals surface area (Å²) in [6.45, 7) is 12.3. The third kappa shape index (κ3) is 4.31. The Morgan fingerprint density at radius 1 is 1.03 bits per heavy atom. The smallest absolute Gasteiger partial charge is 0.141 e. The third-order valence-electron chi connectivity index (χ3n) is 5.68. The zero-order valence-corrected chi connectivity index (χ0v) is 18.4. The molecule has 0 radical (unpaired) electrons. The predicted molar refractivity (Wildman–Crippen MR) is 118 cm³/mol. The Morgan fingerprint density at radius 3 is 2.41 bits per heavy atom. The highest BCUT2D eigenvalue weighted by atomic mass is 32.1. The van der Waals surface area contributed by atoms with E-state index in [2.05, 4.69) is 23.7 Å². The Morgan fingerprint density at radius 2 is 1.72 bits per heavy atom. The lowest BCUT2D eigenvalue weighted by atomic mass is 10.2. The van der Waals surface area contributed by atoms with Crippen LogP contribution in [0.15, 0.2) is 24.3 Å². The van der Waals surface area contributed by atoms with E-state index >= 15 is 0 Å². The molecule has 4 rings (SSSR count). The first-order valence-electron chi connectivity index (χ1n) is 10.1. The van der Waals surface area contributed by atoms with Crippen molar-refractivity contribution < 1.29 is 14.4 Å². The van der Waals surface area contributed by atoms with Crippen LogP contribution in [0.5, 0.6) is 11.5 Å². The second-order valence-corrected chi connectivity index (χ2v) is 8.77. The van der Waals surface area contributed by atoms with Crippen molar-refractivity contribution in [1.29, 1.82) is 0 Å². The van der Waals surface area contributed by atoms with E-state index in [0.29, 0.717) is 0 Å². The molecule has 0 aliphatic carbocycles. The van der Waals surface area contributed by atoms with Gasteiger partial charge in [0.15, 0.2) is 0 Å². The molecule has 1 aromatic carbocycles. The molecule has 1 saturated heterocycles. The molecule has 0 unspecified atom stereocenters. The number of nitrogens with zero attached hydrogens (tertiary/aromatic N) is 3. The lowest BCUT2D eigenvalue weighted by Gasteiger charge is -2.33. The molecule has 29 heavy (non-hydrogen) atoms. The number of methoxy groups -OCH3 is 1. The quantitative estimate of drug-likeness (QED) is 0.673. The molecule has 154 valence electrons. The number of hydrogen-bond acceptors (Lipinski definition) is 6. The molecule has 7 heteroatoms. The van der Waals surface area contributed by atoms with E-state index in [-0.39, 0.29) is 0 Å². The third-order valence-corrected chi connectivity index (χ3v) is 6.78. The molecule has 0 bridgehead atoms. The summed E-state index contributed by atoms with van der Waals surface area (Å²) in [7, 11) is 1.67. The maximum Gasteiger partial charge on any atom is 0.141 e. The molecule has 0 spiro atoms. The summed E-state index contributed by atoms with van der Waals surface area (Å²) >= 11 is 1.78. The highest BCUT2D eigenvalue weighted by Crippen LogP contribution is 2.34. The van der Waals surface area contributed by atoms with E-state index in [1.807, 2.05) is 31.2 Å². The Labute approximate surface area is 176 Å². The average molecular weight is 414 g/mol. The van der Waals surface area contributed by atoms with E-state index in [4.69, 9.17) is 14.5 Å². The monoisotopic (exact) mass is 413 g/mol. The number of aryl methyl sites for hydroxylation is 3. The maximum absolute atomic E-state index is 5.90. The van der Waals surface area contributed by atoms with E-state index in [9.17, 15) is 0 Å². The summed E-state index contributed by atoms with van der Waals surface area (Å²) < 4.78 is 11.1. The van der Waals surface area contributed by atoms with Crippen LogP contribution in [0.3, 0.4) is 0 Å². The lowest BCUT2D eigenvalue weighted by Crippen LogP contribution is -3.15. The fraction of sp³-hybridized carbons (Fsp3) is 0.455. The van der Waals surface area contributed by atoms with Gasteiger partial charge in [-0.2, -0.15) is 0 Å². The Balaban J connectivity index is 1.34. The van der Waals surface area contributed by atoms with Crippen LogP contribution in [0.1, 0.15) is 16.3 Å². The van der Waals surface area contributed by atoms with Crippen molar-refractivity contribution in [1.82, 2.24) is 9.97 Å². The van der Waals surface area contributed by atoms with E-state index in [1.165, 1.54) is 15.8 Å². The van der Waals surface area contributed by atoms with Gasteiger partial charge in [-0.3, -0.25) is 0 Å². The maximum atomic E-state index is 5.90. The van der Waals surface area contributed by atoms with Crippen LogP contribution in [0, 0.1) is 20.8 Å². The minimum absolute atomic E-state index is 0.724. The number of rotatable bonds is 6. The molecule has 0 atom stereocenters. The summed E-state index contributed by atoms with van der Waals surface area (Å²) in [5.74, 6) is 3.72. The van der Waals surface area contributed by atoms with Crippen LogP contribution in [0.2, 0.25) is 0 Å². The molecule has 0 amide bonds. The summed E-state index contributed by atoms with van der Waals surface area (Å²) in [5, 5.41) is 1.24. The molecular weight excluding hydrogens is 384 g/mol. The Kier molecular flexibility index (Phi) is 5.87. The zero-order valence-electron chi connectivity index (χ0n) is 17.6. The zero-order chi connectivity index (χ0) is 20.4. The topological polar surface area (TPSA) is 51.9 Å². The van der Waals surface area contributed by atoms with Crippen molar-refractivity contribution in [2.45, 2.75) is 20.8 Å². The van der Waals surface area contributed by atoms with Crippen molar-refractivity contribution in [3.05, 3.63) is 40.5 Å². The first-order chi connectivity index (χ1) is 14.0. The van der Waals surface area contributed by atoms with Gasteiger partial charge >= 0.3 is 0 Å². The van der Waals surface area contributed by atoms with E-state index < -0.39 is 0 Å². The van der Waals surface area contributed by atoms with E-state index in [1.54, 1.807) is 23.3 Å². The average Bonchev–Trinajstić information content (AvgIpc) is 3.02. The van der Waals surface area contributed by atoms with Gasteiger partial charge in [0.25, 0.3) is 0 Å². The summed E-state index contributed by atoms with van der Waals surface area (Å²) in [5.41, 5.74) is 1.32. The molecular formula is C22H29N4O2S+.